The third-order valence-corrected chi connectivity index (χ3v) is 5.67. The van der Waals surface area contributed by atoms with E-state index in [-0.39, 0.29) is 5.75 Å². The fourth-order valence-electron chi connectivity index (χ4n) is 3.78. The Labute approximate surface area is 151 Å². The van der Waals surface area contributed by atoms with Crippen molar-refractivity contribution in [2.75, 3.05) is 18.0 Å². The number of anilines is 1. The number of thiazole rings is 1. The van der Waals surface area contributed by atoms with E-state index < -0.39 is 6.61 Å². The van der Waals surface area contributed by atoms with E-state index in [1.165, 1.54) is 17.4 Å². The van der Waals surface area contributed by atoms with Gasteiger partial charge < -0.3 is 19.4 Å². The van der Waals surface area contributed by atoms with Gasteiger partial charge in [-0.25, -0.2) is 4.98 Å². The van der Waals surface area contributed by atoms with Crippen molar-refractivity contribution < 1.29 is 17.9 Å². The summed E-state index contributed by atoms with van der Waals surface area (Å²) < 4.78 is 36.3. The van der Waals surface area contributed by atoms with Crippen LogP contribution in [0, 0.1) is 0 Å². The minimum atomic E-state index is -2.92. The summed E-state index contributed by atoms with van der Waals surface area (Å²) in [5.41, 5.74) is 1.46. The van der Waals surface area contributed by atoms with Crippen LogP contribution in [0.25, 0.3) is 21.7 Å². The first-order valence-corrected chi connectivity index (χ1v) is 9.34. The van der Waals surface area contributed by atoms with E-state index in [0.29, 0.717) is 29.2 Å². The van der Waals surface area contributed by atoms with E-state index in [1.54, 1.807) is 12.3 Å². The highest BCUT2D eigenvalue weighted by molar-refractivity contribution is 7.13. The summed E-state index contributed by atoms with van der Waals surface area (Å²) in [5.74, 6) is 0.0170. The van der Waals surface area contributed by atoms with Gasteiger partial charge in [0.25, 0.3) is 6.01 Å². The first-order chi connectivity index (χ1) is 12.7. The van der Waals surface area contributed by atoms with E-state index in [2.05, 4.69) is 24.9 Å². The maximum atomic E-state index is 12.8. The highest BCUT2D eigenvalue weighted by Gasteiger charge is 2.34. The van der Waals surface area contributed by atoms with Gasteiger partial charge >= 0.3 is 6.61 Å². The molecule has 2 aliphatic rings. The molecule has 2 atom stereocenters. The third kappa shape index (κ3) is 2.71. The Morgan fingerprint density at radius 3 is 2.77 bits per heavy atom. The largest absolute Gasteiger partial charge is 0.432 e. The van der Waals surface area contributed by atoms with Gasteiger partial charge in [-0.15, -0.1) is 11.3 Å². The summed E-state index contributed by atoms with van der Waals surface area (Å²) in [6.45, 7) is -1.33. The molecule has 2 aliphatic heterocycles. The molecule has 5 rings (SSSR count). The molecule has 136 valence electrons. The van der Waals surface area contributed by atoms with Crippen molar-refractivity contribution in [1.29, 1.82) is 0 Å². The molecule has 3 aromatic rings. The van der Waals surface area contributed by atoms with Crippen molar-refractivity contribution in [2.45, 2.75) is 31.5 Å². The van der Waals surface area contributed by atoms with Crippen LogP contribution in [0.1, 0.15) is 12.8 Å². The van der Waals surface area contributed by atoms with Crippen molar-refractivity contribution in [2.24, 2.45) is 0 Å². The molecule has 0 radical (unpaired) electrons. The number of halogens is 2. The number of nitrogens with zero attached hydrogens (tertiary/aromatic N) is 3. The van der Waals surface area contributed by atoms with Gasteiger partial charge in [0.2, 0.25) is 0 Å². The third-order valence-electron chi connectivity index (χ3n) is 4.86. The quantitative estimate of drug-likeness (QED) is 0.750. The van der Waals surface area contributed by atoms with Crippen LogP contribution in [-0.4, -0.2) is 41.8 Å². The van der Waals surface area contributed by atoms with E-state index in [0.717, 1.165) is 36.5 Å². The van der Waals surface area contributed by atoms with Crippen LogP contribution < -0.4 is 15.0 Å². The molecule has 2 bridgehead atoms. The van der Waals surface area contributed by atoms with E-state index in [9.17, 15) is 8.78 Å². The maximum absolute atomic E-state index is 12.8. The topological polar surface area (TPSA) is 63.4 Å². The molecular weight excluding hydrogens is 362 g/mol. The van der Waals surface area contributed by atoms with Crippen LogP contribution in [-0.2, 0) is 0 Å². The number of hydrogen-bond acceptors (Lipinski definition) is 7. The smallest absolute Gasteiger partial charge is 0.387 e. The zero-order chi connectivity index (χ0) is 17.7. The number of benzene rings is 1. The number of piperazine rings is 1. The molecule has 0 spiro atoms. The minimum Gasteiger partial charge on any atom is -0.432 e. The van der Waals surface area contributed by atoms with Gasteiger partial charge in [-0.1, -0.05) is 0 Å². The van der Waals surface area contributed by atoms with E-state index in [1.807, 2.05) is 5.38 Å². The lowest BCUT2D eigenvalue weighted by Crippen LogP contribution is -2.51. The lowest BCUT2D eigenvalue weighted by molar-refractivity contribution is -0.0489. The second-order valence-electron chi connectivity index (χ2n) is 6.54. The first kappa shape index (κ1) is 16.0. The van der Waals surface area contributed by atoms with Gasteiger partial charge in [-0.2, -0.15) is 13.8 Å². The summed E-state index contributed by atoms with van der Waals surface area (Å²) in [5, 5.41) is 6.16. The molecule has 9 heteroatoms. The molecule has 2 unspecified atom stereocenters. The summed E-state index contributed by atoms with van der Waals surface area (Å²) in [4.78, 5) is 10.9. The van der Waals surface area contributed by atoms with Crippen molar-refractivity contribution in [3.8, 4) is 16.3 Å². The second-order valence-corrected chi connectivity index (χ2v) is 7.44. The Kier molecular flexibility index (Phi) is 3.79. The molecule has 0 saturated carbocycles. The normalized spacial score (nSPS) is 22.5. The predicted molar refractivity (Wildman–Crippen MR) is 93.9 cm³/mol. The van der Waals surface area contributed by atoms with Crippen molar-refractivity contribution in [3.05, 3.63) is 23.7 Å². The van der Waals surface area contributed by atoms with Crippen LogP contribution in [0.5, 0.6) is 5.75 Å². The zero-order valence-corrected chi connectivity index (χ0v) is 14.5. The number of rotatable bonds is 4. The van der Waals surface area contributed by atoms with E-state index in [4.69, 9.17) is 4.42 Å². The Bertz CT molecular complexity index is 918. The molecule has 0 amide bonds. The first-order valence-electron chi connectivity index (χ1n) is 8.46. The van der Waals surface area contributed by atoms with Crippen LogP contribution in [0.2, 0.25) is 0 Å². The van der Waals surface area contributed by atoms with Gasteiger partial charge in [-0.05, 0) is 25.0 Å². The standard InChI is InChI=1S/C17H16F2N4O2S/c18-16(19)24-12-4-3-11(15-20-5-6-26-15)14-13(12)22-17(25-14)23-7-9-1-2-10(8-23)21-9/h3-6,9-10,16,21H,1-2,7-8H2. The van der Waals surface area contributed by atoms with Gasteiger partial charge in [0, 0.05) is 36.8 Å². The van der Waals surface area contributed by atoms with E-state index >= 15 is 0 Å². The number of nitrogens with one attached hydrogen (secondary N) is 1. The summed E-state index contributed by atoms with van der Waals surface area (Å²) in [6.07, 6.45) is 3.96. The second kappa shape index (κ2) is 6.17. The molecular formula is C17H16F2N4O2S. The summed E-state index contributed by atoms with van der Waals surface area (Å²) >= 11 is 1.45. The number of hydrogen-bond donors (Lipinski definition) is 1. The van der Waals surface area contributed by atoms with Crippen LogP contribution in [0.15, 0.2) is 28.1 Å². The average Bonchev–Trinajstić information content (AvgIpc) is 3.35. The number of ether oxygens (including phenoxy) is 1. The van der Waals surface area contributed by atoms with Crippen LogP contribution >= 0.6 is 11.3 Å². The van der Waals surface area contributed by atoms with Gasteiger partial charge in [-0.3, -0.25) is 0 Å². The summed E-state index contributed by atoms with van der Waals surface area (Å²) in [7, 11) is 0. The molecule has 2 saturated heterocycles. The van der Waals surface area contributed by atoms with Crippen molar-refractivity contribution in [1.82, 2.24) is 15.3 Å². The highest BCUT2D eigenvalue weighted by atomic mass is 32.1. The van der Waals surface area contributed by atoms with Crippen molar-refractivity contribution in [3.63, 3.8) is 0 Å². The van der Waals surface area contributed by atoms with Crippen molar-refractivity contribution >= 4 is 28.5 Å². The minimum absolute atomic E-state index is 0.0170. The molecule has 2 aromatic heterocycles. The Morgan fingerprint density at radius 2 is 2.08 bits per heavy atom. The number of aromatic nitrogens is 2. The van der Waals surface area contributed by atoms with Gasteiger partial charge in [0.15, 0.2) is 16.8 Å². The SMILES string of the molecule is FC(F)Oc1ccc(-c2nccs2)c2oc(N3CC4CCC(C3)N4)nc12. The lowest BCUT2D eigenvalue weighted by atomic mass is 10.2. The molecule has 1 aromatic carbocycles. The number of fused-ring (bicyclic) bond motifs is 3. The Balaban J connectivity index is 1.61. The molecule has 26 heavy (non-hydrogen) atoms. The number of oxazole rings is 1. The monoisotopic (exact) mass is 378 g/mol. The number of alkyl halides is 2. The lowest BCUT2D eigenvalue weighted by Gasteiger charge is -2.31. The van der Waals surface area contributed by atoms with Gasteiger partial charge in [0.1, 0.15) is 5.01 Å². The fraction of sp³-hybridized carbons (Fsp3) is 0.412. The molecule has 6 nitrogen and oxygen atoms in total. The maximum Gasteiger partial charge on any atom is 0.387 e. The Morgan fingerprint density at radius 1 is 1.27 bits per heavy atom. The summed E-state index contributed by atoms with van der Waals surface area (Å²) in [6, 6.07) is 4.47. The average molecular weight is 378 g/mol. The predicted octanol–water partition coefficient (Wildman–Crippen LogP) is 3.49. The molecule has 2 fully saturated rings. The van der Waals surface area contributed by atoms with Crippen LogP contribution in [0.3, 0.4) is 0 Å². The Hall–Kier alpha value is -2.26. The molecule has 1 N–H and O–H groups in total. The highest BCUT2D eigenvalue weighted by Crippen LogP contribution is 2.38. The van der Waals surface area contributed by atoms with Gasteiger partial charge in [0.05, 0.1) is 5.56 Å². The molecule has 4 heterocycles. The molecule has 0 aliphatic carbocycles. The zero-order valence-electron chi connectivity index (χ0n) is 13.7. The fourth-order valence-corrected chi connectivity index (χ4v) is 4.44. The van der Waals surface area contributed by atoms with Crippen LogP contribution in [0.4, 0.5) is 14.8 Å².